The average Bonchev–Trinajstić information content (AvgIpc) is 2.76. The summed E-state index contributed by atoms with van der Waals surface area (Å²) < 4.78 is 3.21. The predicted molar refractivity (Wildman–Crippen MR) is 86.2 cm³/mol. The number of halogens is 1. The Balaban J connectivity index is 2.60. The van der Waals surface area contributed by atoms with E-state index in [-0.39, 0.29) is 0 Å². The molecule has 114 valence electrons. The van der Waals surface area contributed by atoms with E-state index in [9.17, 15) is 9.59 Å². The standard InChI is InChI=1S/C13H17ClN4O2S/c1-4-6-18-9-10(17(3)12(20)16-11(9)19)15-13(18)21-7-5-8(2)14/h5H,4,6-7H2,1-3H3,(H,16,19,20)/b8-5+. The maximum absolute atomic E-state index is 12.1. The summed E-state index contributed by atoms with van der Waals surface area (Å²) in [5.41, 5.74) is -0.00837. The number of nitrogens with zero attached hydrogens (tertiary/aromatic N) is 3. The van der Waals surface area contributed by atoms with Gasteiger partial charge in [-0.05, 0) is 13.3 Å². The zero-order valence-electron chi connectivity index (χ0n) is 12.1. The van der Waals surface area contributed by atoms with Crippen LogP contribution in [0.5, 0.6) is 0 Å². The van der Waals surface area contributed by atoms with Crippen LogP contribution in [-0.2, 0) is 13.6 Å². The molecular weight excluding hydrogens is 312 g/mol. The minimum Gasteiger partial charge on any atom is -0.313 e. The van der Waals surface area contributed by atoms with Gasteiger partial charge in [-0.25, -0.2) is 9.78 Å². The maximum atomic E-state index is 12.1. The van der Waals surface area contributed by atoms with Gasteiger partial charge in [0.15, 0.2) is 16.3 Å². The first kappa shape index (κ1) is 15.9. The van der Waals surface area contributed by atoms with Gasteiger partial charge in [-0.2, -0.15) is 0 Å². The van der Waals surface area contributed by atoms with Gasteiger partial charge in [-0.3, -0.25) is 14.3 Å². The molecule has 0 aliphatic carbocycles. The number of hydrogen-bond acceptors (Lipinski definition) is 4. The average molecular weight is 329 g/mol. The fourth-order valence-corrected chi connectivity index (χ4v) is 3.13. The van der Waals surface area contributed by atoms with Crippen LogP contribution in [0.2, 0.25) is 0 Å². The molecule has 0 aliphatic rings. The number of aromatic amines is 1. The van der Waals surface area contributed by atoms with Crippen LogP contribution in [0.15, 0.2) is 25.9 Å². The monoisotopic (exact) mass is 328 g/mol. The van der Waals surface area contributed by atoms with E-state index in [4.69, 9.17) is 11.6 Å². The number of rotatable bonds is 5. The van der Waals surface area contributed by atoms with Crippen molar-refractivity contribution < 1.29 is 0 Å². The SMILES string of the molecule is CCCn1c(SC/C=C(\C)Cl)nc2c1c(=O)[nH]c(=O)n2C. The highest BCUT2D eigenvalue weighted by Gasteiger charge is 2.16. The van der Waals surface area contributed by atoms with Crippen LogP contribution >= 0.6 is 23.4 Å². The summed E-state index contributed by atoms with van der Waals surface area (Å²) in [6, 6.07) is 0. The molecule has 0 spiro atoms. The second-order valence-corrected chi connectivity index (χ2v) is 6.22. The van der Waals surface area contributed by atoms with Crippen molar-refractivity contribution in [2.75, 3.05) is 5.75 Å². The van der Waals surface area contributed by atoms with E-state index in [1.165, 1.54) is 16.3 Å². The third-order valence-electron chi connectivity index (χ3n) is 3.00. The Kier molecular flexibility index (Phi) is 4.95. The highest BCUT2D eigenvalue weighted by atomic mass is 35.5. The van der Waals surface area contributed by atoms with Crippen LogP contribution in [0, 0.1) is 0 Å². The first-order valence-corrected chi connectivity index (χ1v) is 7.96. The summed E-state index contributed by atoms with van der Waals surface area (Å²) in [6.45, 7) is 4.51. The van der Waals surface area contributed by atoms with Crippen molar-refractivity contribution in [1.82, 2.24) is 19.1 Å². The quantitative estimate of drug-likeness (QED) is 0.853. The van der Waals surface area contributed by atoms with Crippen molar-refractivity contribution in [2.45, 2.75) is 32.0 Å². The lowest BCUT2D eigenvalue weighted by Gasteiger charge is -2.05. The van der Waals surface area contributed by atoms with E-state index in [0.29, 0.717) is 33.7 Å². The van der Waals surface area contributed by atoms with E-state index >= 15 is 0 Å². The van der Waals surface area contributed by atoms with Crippen molar-refractivity contribution in [3.05, 3.63) is 31.9 Å². The summed E-state index contributed by atoms with van der Waals surface area (Å²) in [4.78, 5) is 30.5. The fourth-order valence-electron chi connectivity index (χ4n) is 1.99. The van der Waals surface area contributed by atoms with Crippen LogP contribution in [0.4, 0.5) is 0 Å². The summed E-state index contributed by atoms with van der Waals surface area (Å²) in [5, 5.41) is 1.43. The Morgan fingerprint density at radius 1 is 1.48 bits per heavy atom. The lowest BCUT2D eigenvalue weighted by atomic mass is 10.4. The molecule has 1 N–H and O–H groups in total. The molecule has 0 saturated carbocycles. The number of H-pyrrole nitrogens is 1. The van der Waals surface area contributed by atoms with E-state index < -0.39 is 11.2 Å². The van der Waals surface area contributed by atoms with Crippen LogP contribution in [0.25, 0.3) is 11.2 Å². The molecular formula is C13H17ClN4O2S. The van der Waals surface area contributed by atoms with Crippen LogP contribution < -0.4 is 11.2 Å². The molecule has 0 bridgehead atoms. The first-order valence-electron chi connectivity index (χ1n) is 6.60. The van der Waals surface area contributed by atoms with Crippen molar-refractivity contribution in [3.63, 3.8) is 0 Å². The Bertz CT molecular complexity index is 799. The topological polar surface area (TPSA) is 72.7 Å². The molecule has 0 saturated heterocycles. The van der Waals surface area contributed by atoms with E-state index in [0.717, 1.165) is 6.42 Å². The molecule has 0 radical (unpaired) electrons. The molecule has 0 aliphatic heterocycles. The third kappa shape index (κ3) is 3.24. The third-order valence-corrected chi connectivity index (χ3v) is 4.05. The number of aryl methyl sites for hydroxylation is 2. The smallest absolute Gasteiger partial charge is 0.313 e. The molecule has 2 aromatic rings. The highest BCUT2D eigenvalue weighted by molar-refractivity contribution is 7.99. The zero-order chi connectivity index (χ0) is 15.6. The van der Waals surface area contributed by atoms with Gasteiger partial charge in [0.1, 0.15) is 0 Å². The molecule has 2 aromatic heterocycles. The molecule has 21 heavy (non-hydrogen) atoms. The predicted octanol–water partition coefficient (Wildman–Crippen LogP) is 2.07. The minimum absolute atomic E-state index is 0.398. The number of aromatic nitrogens is 4. The summed E-state index contributed by atoms with van der Waals surface area (Å²) in [6.07, 6.45) is 2.75. The van der Waals surface area contributed by atoms with Crippen molar-refractivity contribution >= 4 is 34.5 Å². The second-order valence-electron chi connectivity index (χ2n) is 4.64. The van der Waals surface area contributed by atoms with Gasteiger partial charge >= 0.3 is 5.69 Å². The Morgan fingerprint density at radius 2 is 2.19 bits per heavy atom. The normalized spacial score (nSPS) is 12.3. The van der Waals surface area contributed by atoms with Gasteiger partial charge in [0.05, 0.1) is 0 Å². The largest absolute Gasteiger partial charge is 0.329 e. The molecule has 0 fully saturated rings. The maximum Gasteiger partial charge on any atom is 0.329 e. The summed E-state index contributed by atoms with van der Waals surface area (Å²) >= 11 is 7.30. The number of thioether (sulfide) groups is 1. The minimum atomic E-state index is -0.457. The van der Waals surface area contributed by atoms with Crippen LogP contribution in [0.3, 0.4) is 0 Å². The van der Waals surface area contributed by atoms with Gasteiger partial charge in [-0.1, -0.05) is 36.4 Å². The molecule has 8 heteroatoms. The number of hydrogen-bond donors (Lipinski definition) is 1. The first-order chi connectivity index (χ1) is 9.95. The lowest BCUT2D eigenvalue weighted by Crippen LogP contribution is -2.29. The molecule has 2 rings (SSSR count). The van der Waals surface area contributed by atoms with Gasteiger partial charge in [0.2, 0.25) is 0 Å². The van der Waals surface area contributed by atoms with Crippen LogP contribution in [0.1, 0.15) is 20.3 Å². The molecule has 0 aromatic carbocycles. The molecule has 0 unspecified atom stereocenters. The fraction of sp³-hybridized carbons (Fsp3) is 0.462. The Labute approximate surface area is 130 Å². The van der Waals surface area contributed by atoms with E-state index in [1.54, 1.807) is 7.05 Å². The second kappa shape index (κ2) is 6.53. The number of imidazole rings is 1. The lowest BCUT2D eigenvalue weighted by molar-refractivity contribution is 0.636. The van der Waals surface area contributed by atoms with Crippen molar-refractivity contribution in [2.24, 2.45) is 7.05 Å². The summed E-state index contributed by atoms with van der Waals surface area (Å²) in [7, 11) is 1.60. The molecule has 0 amide bonds. The number of nitrogens with one attached hydrogen (secondary N) is 1. The van der Waals surface area contributed by atoms with Gasteiger partial charge in [0.25, 0.3) is 5.56 Å². The van der Waals surface area contributed by atoms with E-state index in [2.05, 4.69) is 9.97 Å². The van der Waals surface area contributed by atoms with E-state index in [1.807, 2.05) is 24.5 Å². The van der Waals surface area contributed by atoms with Gasteiger partial charge < -0.3 is 4.57 Å². The molecule has 0 atom stereocenters. The summed E-state index contributed by atoms with van der Waals surface area (Å²) in [5.74, 6) is 0.661. The number of allylic oxidation sites excluding steroid dienone is 1. The van der Waals surface area contributed by atoms with Crippen LogP contribution in [-0.4, -0.2) is 24.9 Å². The Morgan fingerprint density at radius 3 is 2.81 bits per heavy atom. The molecule has 2 heterocycles. The highest BCUT2D eigenvalue weighted by Crippen LogP contribution is 2.22. The zero-order valence-corrected chi connectivity index (χ0v) is 13.7. The van der Waals surface area contributed by atoms with Gasteiger partial charge in [0, 0.05) is 24.4 Å². The Hall–Kier alpha value is -1.47. The van der Waals surface area contributed by atoms with Crippen molar-refractivity contribution in [3.8, 4) is 0 Å². The van der Waals surface area contributed by atoms with Crippen molar-refractivity contribution in [1.29, 1.82) is 0 Å². The number of fused-ring (bicyclic) bond motifs is 1. The molecule has 6 nitrogen and oxygen atoms in total. The van der Waals surface area contributed by atoms with Gasteiger partial charge in [-0.15, -0.1) is 0 Å².